The van der Waals surface area contributed by atoms with Crippen molar-refractivity contribution in [1.29, 1.82) is 0 Å². The fourth-order valence-electron chi connectivity index (χ4n) is 1.47. The fourth-order valence-corrected chi connectivity index (χ4v) is 1.91. The summed E-state index contributed by atoms with van der Waals surface area (Å²) < 4.78 is 0. The maximum Gasteiger partial charge on any atom is 0.229 e. The van der Waals surface area contributed by atoms with Crippen molar-refractivity contribution < 1.29 is 4.79 Å². The Morgan fingerprint density at radius 2 is 2.50 bits per heavy atom. The number of carbonyl (C=O) groups is 1. The van der Waals surface area contributed by atoms with E-state index in [1.54, 1.807) is 5.51 Å². The molecule has 1 amide bonds. The van der Waals surface area contributed by atoms with Gasteiger partial charge in [-0.05, 0) is 19.3 Å². The van der Waals surface area contributed by atoms with Crippen molar-refractivity contribution in [1.82, 2.24) is 10.2 Å². The van der Waals surface area contributed by atoms with Gasteiger partial charge in [-0.2, -0.15) is 0 Å². The van der Waals surface area contributed by atoms with Crippen LogP contribution in [0.3, 0.4) is 0 Å². The van der Waals surface area contributed by atoms with Gasteiger partial charge in [0.15, 0.2) is 0 Å². The molecule has 0 saturated carbocycles. The lowest BCUT2D eigenvalue weighted by Crippen LogP contribution is -2.23. The summed E-state index contributed by atoms with van der Waals surface area (Å²) >= 11 is 1.34. The topological polar surface area (TPSA) is 54.9 Å². The monoisotopic (exact) mass is 209 g/mol. The van der Waals surface area contributed by atoms with Crippen LogP contribution in [0.5, 0.6) is 0 Å². The van der Waals surface area contributed by atoms with Gasteiger partial charge in [-0.1, -0.05) is 23.5 Å². The summed E-state index contributed by atoms with van der Waals surface area (Å²) in [4.78, 5) is 11.7. The Morgan fingerprint density at radius 1 is 1.57 bits per heavy atom. The molecule has 5 heteroatoms. The predicted molar refractivity (Wildman–Crippen MR) is 55.0 cm³/mol. The zero-order valence-electron chi connectivity index (χ0n) is 7.64. The highest BCUT2D eigenvalue weighted by molar-refractivity contribution is 7.13. The van der Waals surface area contributed by atoms with Crippen molar-refractivity contribution >= 4 is 22.4 Å². The second-order valence-electron chi connectivity index (χ2n) is 3.21. The van der Waals surface area contributed by atoms with Crippen LogP contribution in [0.2, 0.25) is 0 Å². The first-order chi connectivity index (χ1) is 6.86. The Hall–Kier alpha value is -1.23. The molecule has 0 aliphatic heterocycles. The normalized spacial score (nSPS) is 20.7. The van der Waals surface area contributed by atoms with E-state index >= 15 is 0 Å². The molecule has 0 saturated heterocycles. The number of anilines is 1. The van der Waals surface area contributed by atoms with Crippen molar-refractivity contribution in [3.8, 4) is 0 Å². The zero-order chi connectivity index (χ0) is 9.80. The minimum absolute atomic E-state index is 0.0612. The molecule has 0 spiro atoms. The Bertz CT molecular complexity index is 334. The van der Waals surface area contributed by atoms with Crippen LogP contribution in [0.4, 0.5) is 5.13 Å². The number of nitrogens with zero attached hydrogens (tertiary/aromatic N) is 2. The molecule has 1 heterocycles. The van der Waals surface area contributed by atoms with Crippen molar-refractivity contribution in [2.24, 2.45) is 5.92 Å². The van der Waals surface area contributed by atoms with Crippen LogP contribution >= 0.6 is 11.3 Å². The van der Waals surface area contributed by atoms with Crippen LogP contribution in [-0.4, -0.2) is 16.1 Å². The highest BCUT2D eigenvalue weighted by Gasteiger charge is 2.19. The molecule has 1 aromatic rings. The molecule has 0 radical (unpaired) electrons. The van der Waals surface area contributed by atoms with Crippen molar-refractivity contribution in [2.45, 2.75) is 19.3 Å². The highest BCUT2D eigenvalue weighted by Crippen LogP contribution is 2.20. The van der Waals surface area contributed by atoms with E-state index in [0.717, 1.165) is 19.3 Å². The van der Waals surface area contributed by atoms with E-state index in [0.29, 0.717) is 5.13 Å². The molecular weight excluding hydrogens is 198 g/mol. The second kappa shape index (κ2) is 4.32. The smallest absolute Gasteiger partial charge is 0.229 e. The van der Waals surface area contributed by atoms with Gasteiger partial charge >= 0.3 is 0 Å². The number of allylic oxidation sites excluding steroid dienone is 2. The summed E-state index contributed by atoms with van der Waals surface area (Å²) in [5, 5.41) is 10.8. The van der Waals surface area contributed by atoms with Crippen LogP contribution in [0, 0.1) is 5.92 Å². The summed E-state index contributed by atoms with van der Waals surface area (Å²) in [6, 6.07) is 0. The van der Waals surface area contributed by atoms with Gasteiger partial charge in [-0.3, -0.25) is 4.79 Å². The maximum absolute atomic E-state index is 11.7. The number of hydrogen-bond donors (Lipinski definition) is 1. The molecule has 0 fully saturated rings. The van der Waals surface area contributed by atoms with Gasteiger partial charge in [0.1, 0.15) is 5.51 Å². The lowest BCUT2D eigenvalue weighted by atomic mass is 9.94. The number of rotatable bonds is 2. The Balaban J connectivity index is 1.92. The molecular formula is C9H11N3OS. The summed E-state index contributed by atoms with van der Waals surface area (Å²) in [6.07, 6.45) is 6.95. The molecule has 0 aromatic carbocycles. The second-order valence-corrected chi connectivity index (χ2v) is 4.05. The molecule has 1 aliphatic carbocycles. The van der Waals surface area contributed by atoms with Gasteiger partial charge < -0.3 is 5.32 Å². The molecule has 2 rings (SSSR count). The summed E-state index contributed by atoms with van der Waals surface area (Å²) in [7, 11) is 0. The van der Waals surface area contributed by atoms with Gasteiger partial charge in [-0.15, -0.1) is 10.2 Å². The van der Waals surface area contributed by atoms with Crippen LogP contribution in [0.25, 0.3) is 0 Å². The highest BCUT2D eigenvalue weighted by atomic mass is 32.1. The molecule has 0 bridgehead atoms. The van der Waals surface area contributed by atoms with E-state index in [2.05, 4.69) is 27.7 Å². The third kappa shape index (κ3) is 2.17. The molecule has 4 nitrogen and oxygen atoms in total. The van der Waals surface area contributed by atoms with Crippen LogP contribution in [-0.2, 0) is 4.79 Å². The van der Waals surface area contributed by atoms with Gasteiger partial charge in [0, 0.05) is 5.92 Å². The average molecular weight is 209 g/mol. The van der Waals surface area contributed by atoms with Gasteiger partial charge in [0.25, 0.3) is 0 Å². The molecule has 1 N–H and O–H groups in total. The number of carbonyl (C=O) groups excluding carboxylic acids is 1. The minimum Gasteiger partial charge on any atom is -0.300 e. The van der Waals surface area contributed by atoms with Crippen molar-refractivity contribution in [3.05, 3.63) is 17.7 Å². The molecule has 14 heavy (non-hydrogen) atoms. The van der Waals surface area contributed by atoms with E-state index in [-0.39, 0.29) is 11.8 Å². The van der Waals surface area contributed by atoms with E-state index in [4.69, 9.17) is 0 Å². The number of hydrogen-bond acceptors (Lipinski definition) is 4. The van der Waals surface area contributed by atoms with E-state index in [1.807, 2.05) is 0 Å². The van der Waals surface area contributed by atoms with Crippen molar-refractivity contribution in [3.63, 3.8) is 0 Å². The van der Waals surface area contributed by atoms with Crippen LogP contribution < -0.4 is 5.32 Å². The molecule has 74 valence electrons. The van der Waals surface area contributed by atoms with E-state index < -0.39 is 0 Å². The summed E-state index contributed by atoms with van der Waals surface area (Å²) in [5.41, 5.74) is 1.61. The van der Waals surface area contributed by atoms with E-state index in [9.17, 15) is 4.79 Å². The molecule has 0 unspecified atom stereocenters. The third-order valence-electron chi connectivity index (χ3n) is 2.23. The van der Waals surface area contributed by atoms with Crippen molar-refractivity contribution in [2.75, 3.05) is 5.32 Å². The van der Waals surface area contributed by atoms with Crippen LogP contribution in [0.15, 0.2) is 17.7 Å². The average Bonchev–Trinajstić information content (AvgIpc) is 2.72. The Labute approximate surface area is 86.1 Å². The summed E-state index contributed by atoms with van der Waals surface area (Å²) in [6.45, 7) is 0. The van der Waals surface area contributed by atoms with Gasteiger partial charge in [-0.25, -0.2) is 0 Å². The molecule has 1 aliphatic rings. The predicted octanol–water partition coefficient (Wildman–Crippen LogP) is 1.83. The Kier molecular flexibility index (Phi) is 2.88. The zero-order valence-corrected chi connectivity index (χ0v) is 8.46. The lowest BCUT2D eigenvalue weighted by molar-refractivity contribution is -0.120. The number of amides is 1. The first kappa shape index (κ1) is 9.33. The SMILES string of the molecule is O=C(Nc1nncs1)[C@@H]1CC=CCC1. The van der Waals surface area contributed by atoms with Gasteiger partial charge in [0.05, 0.1) is 0 Å². The standard InChI is InChI=1S/C9H11N3OS/c13-8(7-4-2-1-3-5-7)11-9-12-10-6-14-9/h1-2,6-7H,3-5H2,(H,11,12,13)/t7-/m1/s1. The lowest BCUT2D eigenvalue weighted by Gasteiger charge is -2.15. The third-order valence-corrected chi connectivity index (χ3v) is 2.84. The van der Waals surface area contributed by atoms with E-state index in [1.165, 1.54) is 11.3 Å². The first-order valence-electron chi connectivity index (χ1n) is 4.58. The Morgan fingerprint density at radius 3 is 3.14 bits per heavy atom. The van der Waals surface area contributed by atoms with Crippen LogP contribution in [0.1, 0.15) is 19.3 Å². The molecule has 1 aromatic heterocycles. The fraction of sp³-hybridized carbons (Fsp3) is 0.444. The minimum atomic E-state index is 0.0612. The first-order valence-corrected chi connectivity index (χ1v) is 5.46. The largest absolute Gasteiger partial charge is 0.300 e. The maximum atomic E-state index is 11.7. The number of aromatic nitrogens is 2. The van der Waals surface area contributed by atoms with Gasteiger partial charge in [0.2, 0.25) is 11.0 Å². The summed E-state index contributed by atoms with van der Waals surface area (Å²) in [5.74, 6) is 0.162. The quantitative estimate of drug-likeness (QED) is 0.756. The number of nitrogens with one attached hydrogen (secondary N) is 1. The molecule has 1 atom stereocenters.